The smallest absolute Gasteiger partial charge is 0.328 e. The van der Waals surface area contributed by atoms with Crippen LogP contribution >= 0.6 is 0 Å². The van der Waals surface area contributed by atoms with E-state index in [9.17, 15) is 13.2 Å². The van der Waals surface area contributed by atoms with Crippen molar-refractivity contribution in [3.05, 3.63) is 30.3 Å². The van der Waals surface area contributed by atoms with E-state index in [0.717, 1.165) is 6.42 Å². The number of sulfonamides is 1. The zero-order valence-electron chi connectivity index (χ0n) is 9.73. The number of amides is 2. The van der Waals surface area contributed by atoms with Crippen LogP contribution in [-0.4, -0.2) is 20.5 Å². The summed E-state index contributed by atoms with van der Waals surface area (Å²) >= 11 is 0. The molecule has 0 saturated heterocycles. The Balaban J connectivity index is 2.72. The molecule has 0 heterocycles. The van der Waals surface area contributed by atoms with Gasteiger partial charge in [-0.1, -0.05) is 19.1 Å². The van der Waals surface area contributed by atoms with E-state index < -0.39 is 16.1 Å². The van der Waals surface area contributed by atoms with E-state index in [0.29, 0.717) is 0 Å². The lowest BCUT2D eigenvalue weighted by Gasteiger charge is -2.12. The Hall–Kier alpha value is -1.56. The Kier molecular flexibility index (Phi) is 4.51. The molecule has 1 unspecified atom stereocenters. The SMILES string of the molecule is CCC(C)NC(=O)NS(=O)(=O)c1cc[c]cc1. The zero-order valence-corrected chi connectivity index (χ0v) is 10.5. The van der Waals surface area contributed by atoms with Gasteiger partial charge in [-0.15, -0.1) is 0 Å². The molecular weight excluding hydrogens is 240 g/mol. The van der Waals surface area contributed by atoms with Crippen molar-refractivity contribution in [2.24, 2.45) is 0 Å². The van der Waals surface area contributed by atoms with Crippen molar-refractivity contribution < 1.29 is 13.2 Å². The van der Waals surface area contributed by atoms with Crippen LogP contribution in [0.3, 0.4) is 0 Å². The maximum atomic E-state index is 11.7. The highest BCUT2D eigenvalue weighted by atomic mass is 32.2. The number of hydrogen-bond donors (Lipinski definition) is 2. The van der Waals surface area contributed by atoms with Crippen molar-refractivity contribution in [1.82, 2.24) is 10.0 Å². The van der Waals surface area contributed by atoms with Crippen LogP contribution in [0.15, 0.2) is 29.2 Å². The van der Waals surface area contributed by atoms with Gasteiger partial charge in [-0.3, -0.25) is 0 Å². The first-order valence-electron chi connectivity index (χ1n) is 5.25. The van der Waals surface area contributed by atoms with Crippen LogP contribution in [0.2, 0.25) is 0 Å². The van der Waals surface area contributed by atoms with Gasteiger partial charge in [0.25, 0.3) is 10.0 Å². The quantitative estimate of drug-likeness (QED) is 0.850. The van der Waals surface area contributed by atoms with Crippen LogP contribution in [0.5, 0.6) is 0 Å². The molecular formula is C11H15N2O3S. The molecule has 1 atom stereocenters. The van der Waals surface area contributed by atoms with Crippen molar-refractivity contribution in [2.75, 3.05) is 0 Å². The van der Waals surface area contributed by atoms with Gasteiger partial charge in [0.15, 0.2) is 0 Å². The third-order valence-corrected chi connectivity index (χ3v) is 3.56. The number of nitrogens with one attached hydrogen (secondary N) is 2. The molecule has 2 amide bonds. The van der Waals surface area contributed by atoms with Gasteiger partial charge in [-0.05, 0) is 31.5 Å². The molecule has 17 heavy (non-hydrogen) atoms. The topological polar surface area (TPSA) is 75.3 Å². The van der Waals surface area contributed by atoms with E-state index in [2.05, 4.69) is 11.4 Å². The average Bonchev–Trinajstić information content (AvgIpc) is 2.29. The lowest BCUT2D eigenvalue weighted by atomic mass is 10.3. The molecule has 0 spiro atoms. The zero-order chi connectivity index (χ0) is 12.9. The van der Waals surface area contributed by atoms with Gasteiger partial charge < -0.3 is 5.32 Å². The second-order valence-corrected chi connectivity index (χ2v) is 5.31. The lowest BCUT2D eigenvalue weighted by molar-refractivity contribution is 0.242. The number of hydrogen-bond acceptors (Lipinski definition) is 3. The molecule has 6 heteroatoms. The van der Waals surface area contributed by atoms with Crippen LogP contribution in [0.4, 0.5) is 4.79 Å². The second kappa shape index (κ2) is 5.67. The predicted molar refractivity (Wildman–Crippen MR) is 63.9 cm³/mol. The summed E-state index contributed by atoms with van der Waals surface area (Å²) in [6, 6.07) is 7.61. The van der Waals surface area contributed by atoms with E-state index in [-0.39, 0.29) is 10.9 Å². The summed E-state index contributed by atoms with van der Waals surface area (Å²) in [5.41, 5.74) is 0. The molecule has 5 nitrogen and oxygen atoms in total. The van der Waals surface area contributed by atoms with Gasteiger partial charge in [-0.25, -0.2) is 17.9 Å². The van der Waals surface area contributed by atoms with Crippen molar-refractivity contribution >= 4 is 16.1 Å². The van der Waals surface area contributed by atoms with Crippen molar-refractivity contribution in [2.45, 2.75) is 31.2 Å². The van der Waals surface area contributed by atoms with E-state index in [1.54, 1.807) is 6.92 Å². The van der Waals surface area contributed by atoms with E-state index in [1.165, 1.54) is 24.3 Å². The van der Waals surface area contributed by atoms with Gasteiger partial charge in [0, 0.05) is 6.04 Å². The number of rotatable bonds is 4. The molecule has 1 rings (SSSR count). The van der Waals surface area contributed by atoms with E-state index in [1.807, 2.05) is 11.6 Å². The Morgan fingerprint density at radius 3 is 2.53 bits per heavy atom. The van der Waals surface area contributed by atoms with Gasteiger partial charge in [-0.2, -0.15) is 0 Å². The summed E-state index contributed by atoms with van der Waals surface area (Å²) in [7, 11) is -3.80. The van der Waals surface area contributed by atoms with Crippen LogP contribution in [-0.2, 0) is 10.0 Å². The second-order valence-electron chi connectivity index (χ2n) is 3.62. The lowest BCUT2D eigenvalue weighted by Crippen LogP contribution is -2.43. The Morgan fingerprint density at radius 1 is 1.41 bits per heavy atom. The summed E-state index contributed by atoms with van der Waals surface area (Å²) in [4.78, 5) is 11.4. The van der Waals surface area contributed by atoms with Crippen LogP contribution in [0.25, 0.3) is 0 Å². The summed E-state index contributed by atoms with van der Waals surface area (Å²) in [5, 5.41) is 2.52. The molecule has 1 aromatic carbocycles. The van der Waals surface area contributed by atoms with Crippen LogP contribution in [0.1, 0.15) is 20.3 Å². The molecule has 93 valence electrons. The highest BCUT2D eigenvalue weighted by molar-refractivity contribution is 7.90. The maximum absolute atomic E-state index is 11.7. The van der Waals surface area contributed by atoms with Crippen molar-refractivity contribution in [3.8, 4) is 0 Å². The molecule has 0 saturated carbocycles. The number of carbonyl (C=O) groups is 1. The molecule has 0 aromatic heterocycles. The Labute approximate surface area is 101 Å². The van der Waals surface area contributed by atoms with Crippen molar-refractivity contribution in [3.63, 3.8) is 0 Å². The van der Waals surface area contributed by atoms with Crippen molar-refractivity contribution in [1.29, 1.82) is 0 Å². The number of carbonyl (C=O) groups excluding carboxylic acids is 1. The van der Waals surface area contributed by atoms with Crippen LogP contribution < -0.4 is 10.0 Å². The minimum atomic E-state index is -3.80. The van der Waals surface area contributed by atoms with Crippen LogP contribution in [0, 0.1) is 6.07 Å². The first-order chi connectivity index (χ1) is 7.95. The highest BCUT2D eigenvalue weighted by Gasteiger charge is 2.17. The minimum Gasteiger partial charge on any atom is -0.335 e. The average molecular weight is 255 g/mol. The summed E-state index contributed by atoms with van der Waals surface area (Å²) in [6.45, 7) is 3.69. The first kappa shape index (κ1) is 13.5. The summed E-state index contributed by atoms with van der Waals surface area (Å²) in [5.74, 6) is 0. The van der Waals surface area contributed by atoms with Gasteiger partial charge in [0.2, 0.25) is 0 Å². The molecule has 2 N–H and O–H groups in total. The Bertz CT molecular complexity index is 471. The minimum absolute atomic E-state index is 0.0375. The van der Waals surface area contributed by atoms with Gasteiger partial charge in [0.05, 0.1) is 4.90 Å². The van der Waals surface area contributed by atoms with Gasteiger partial charge in [0.1, 0.15) is 0 Å². The number of benzene rings is 1. The normalized spacial score (nSPS) is 12.8. The monoisotopic (exact) mass is 255 g/mol. The fraction of sp³-hybridized carbons (Fsp3) is 0.364. The fourth-order valence-corrected chi connectivity index (χ4v) is 2.00. The highest BCUT2D eigenvalue weighted by Crippen LogP contribution is 2.06. The molecule has 0 aliphatic carbocycles. The largest absolute Gasteiger partial charge is 0.335 e. The fourth-order valence-electron chi connectivity index (χ4n) is 1.09. The summed E-state index contributed by atoms with van der Waals surface area (Å²) < 4.78 is 25.4. The predicted octanol–water partition coefficient (Wildman–Crippen LogP) is 1.27. The molecule has 0 fully saturated rings. The molecule has 1 aromatic rings. The standard InChI is InChI=1S/C11H15N2O3S/c1-3-9(2)12-11(14)13-17(15,16)10-7-5-4-6-8-10/h5-9H,3H2,1-2H3,(H2,12,13,14). The molecule has 1 radical (unpaired) electrons. The van der Waals surface area contributed by atoms with E-state index >= 15 is 0 Å². The third-order valence-electron chi connectivity index (χ3n) is 2.21. The third kappa shape index (κ3) is 4.07. The molecule has 0 aliphatic rings. The van der Waals surface area contributed by atoms with E-state index in [4.69, 9.17) is 0 Å². The Morgan fingerprint density at radius 2 is 2.00 bits per heavy atom. The molecule has 0 bridgehead atoms. The number of urea groups is 1. The maximum Gasteiger partial charge on any atom is 0.328 e. The molecule has 0 aliphatic heterocycles. The summed E-state index contributed by atoms with van der Waals surface area (Å²) in [6.07, 6.45) is 0.730. The van der Waals surface area contributed by atoms with Gasteiger partial charge >= 0.3 is 6.03 Å². The first-order valence-corrected chi connectivity index (χ1v) is 6.73.